The molecule has 2 fully saturated rings. The van der Waals surface area contributed by atoms with Crippen molar-refractivity contribution in [2.24, 2.45) is 0 Å². The molecule has 152 valence electrons. The van der Waals surface area contributed by atoms with Crippen LogP contribution in [0.2, 0.25) is 0 Å². The van der Waals surface area contributed by atoms with E-state index in [-0.39, 0.29) is 12.4 Å². The van der Waals surface area contributed by atoms with Crippen LogP contribution < -0.4 is 0 Å². The van der Waals surface area contributed by atoms with Crippen molar-refractivity contribution in [1.29, 1.82) is 0 Å². The third-order valence-corrected chi connectivity index (χ3v) is 4.61. The van der Waals surface area contributed by atoms with Gasteiger partial charge in [-0.1, -0.05) is 0 Å². The number of hydrogen-bond acceptors (Lipinski definition) is 11. The summed E-state index contributed by atoms with van der Waals surface area (Å²) in [4.78, 5) is 12.4. The Bertz CT molecular complexity index is 620. The molecule has 0 aromatic carbocycles. The second-order valence-electron chi connectivity index (χ2n) is 6.49. The summed E-state index contributed by atoms with van der Waals surface area (Å²) in [5.41, 5.74) is 0. The lowest BCUT2D eigenvalue weighted by Gasteiger charge is -2.41. The Morgan fingerprint density at radius 1 is 1.04 bits per heavy atom. The molecule has 11 nitrogen and oxygen atoms in total. The van der Waals surface area contributed by atoms with Gasteiger partial charge in [0, 0.05) is 0 Å². The first-order valence-corrected chi connectivity index (χ1v) is 8.36. The average molecular weight is 390 g/mol. The quantitative estimate of drug-likeness (QED) is 0.278. The zero-order chi connectivity index (χ0) is 19.7. The molecule has 0 spiro atoms. The van der Waals surface area contributed by atoms with Gasteiger partial charge in [-0.25, -0.2) is 0 Å². The fourth-order valence-corrected chi connectivity index (χ4v) is 2.98. The minimum atomic E-state index is -1.69. The summed E-state index contributed by atoms with van der Waals surface area (Å²) >= 11 is 0. The molecule has 1 aromatic rings. The number of rotatable bonds is 5. The second-order valence-corrected chi connectivity index (χ2v) is 6.49. The number of ketones is 1. The first-order valence-electron chi connectivity index (χ1n) is 8.36. The highest BCUT2D eigenvalue weighted by Crippen LogP contribution is 2.25. The Morgan fingerprint density at radius 3 is 2.44 bits per heavy atom. The molecule has 1 aromatic heterocycles. The van der Waals surface area contributed by atoms with Gasteiger partial charge >= 0.3 is 0 Å². The van der Waals surface area contributed by atoms with Crippen LogP contribution in [-0.2, 0) is 14.2 Å². The lowest BCUT2D eigenvalue weighted by Crippen LogP contribution is -2.61. The summed E-state index contributed by atoms with van der Waals surface area (Å²) in [5.74, 6) is -0.818. The first-order chi connectivity index (χ1) is 12.8. The molecule has 0 aliphatic carbocycles. The maximum absolute atomic E-state index is 12.4. The number of hydrogen-bond donors (Lipinski definition) is 6. The van der Waals surface area contributed by atoms with Gasteiger partial charge in [0.15, 0.2) is 18.2 Å². The number of aliphatic hydroxyl groups excluding tert-OH is 6. The Kier molecular flexibility index (Phi) is 6.25. The molecule has 2 saturated heterocycles. The van der Waals surface area contributed by atoms with E-state index in [1.165, 1.54) is 18.4 Å². The van der Waals surface area contributed by atoms with Crippen LogP contribution in [0, 0.1) is 0 Å². The highest BCUT2D eigenvalue weighted by atomic mass is 16.7. The van der Waals surface area contributed by atoms with Gasteiger partial charge in [-0.05, 0) is 12.1 Å². The lowest BCUT2D eigenvalue weighted by molar-refractivity contribution is -0.288. The van der Waals surface area contributed by atoms with Crippen molar-refractivity contribution in [1.82, 2.24) is 0 Å². The summed E-state index contributed by atoms with van der Waals surface area (Å²) in [5, 5.41) is 59.1. The Labute approximate surface area is 153 Å². The van der Waals surface area contributed by atoms with Gasteiger partial charge in [-0.15, -0.1) is 0 Å². The minimum absolute atomic E-state index is 0.0922. The van der Waals surface area contributed by atoms with E-state index in [1.54, 1.807) is 0 Å². The SMILES string of the molecule is O=C(c1ccco1)C1OC(COC2OCC(O)C(O)C2O)C(O)C(O)C1O. The maximum Gasteiger partial charge on any atom is 0.229 e. The van der Waals surface area contributed by atoms with Gasteiger partial charge in [0.2, 0.25) is 5.78 Å². The van der Waals surface area contributed by atoms with Gasteiger partial charge in [0.25, 0.3) is 0 Å². The van der Waals surface area contributed by atoms with Crippen molar-refractivity contribution in [3.05, 3.63) is 24.2 Å². The van der Waals surface area contributed by atoms with Crippen LogP contribution >= 0.6 is 0 Å². The molecule has 0 bridgehead atoms. The molecule has 0 amide bonds. The van der Waals surface area contributed by atoms with Crippen molar-refractivity contribution in [2.75, 3.05) is 13.2 Å². The van der Waals surface area contributed by atoms with Gasteiger partial charge in [-0.2, -0.15) is 0 Å². The normalized spacial score (nSPS) is 42.8. The molecule has 0 saturated carbocycles. The molecule has 9 atom stereocenters. The Hall–Kier alpha value is -1.41. The molecule has 11 heteroatoms. The van der Waals surface area contributed by atoms with E-state index in [2.05, 4.69) is 0 Å². The Balaban J connectivity index is 1.65. The van der Waals surface area contributed by atoms with E-state index < -0.39 is 67.5 Å². The molecular formula is C16H22O11. The Morgan fingerprint density at radius 2 is 1.78 bits per heavy atom. The minimum Gasteiger partial charge on any atom is -0.461 e. The largest absolute Gasteiger partial charge is 0.461 e. The zero-order valence-corrected chi connectivity index (χ0v) is 14.1. The molecule has 3 rings (SSSR count). The molecule has 6 N–H and O–H groups in total. The van der Waals surface area contributed by atoms with Gasteiger partial charge in [0.1, 0.15) is 42.7 Å². The molecular weight excluding hydrogens is 368 g/mol. The number of Topliss-reactive ketones (excluding diaryl/α,β-unsaturated/α-hetero) is 1. The predicted molar refractivity (Wildman–Crippen MR) is 83.4 cm³/mol. The number of ether oxygens (including phenoxy) is 3. The van der Waals surface area contributed by atoms with Gasteiger partial charge in [0.05, 0.1) is 19.5 Å². The van der Waals surface area contributed by atoms with Gasteiger partial charge in [-0.3, -0.25) is 4.79 Å². The third-order valence-electron chi connectivity index (χ3n) is 4.61. The lowest BCUT2D eigenvalue weighted by atomic mass is 9.92. The van der Waals surface area contributed by atoms with Gasteiger partial charge < -0.3 is 49.3 Å². The van der Waals surface area contributed by atoms with Crippen LogP contribution in [-0.4, -0.2) is 105 Å². The molecule has 27 heavy (non-hydrogen) atoms. The van der Waals surface area contributed by atoms with Crippen molar-refractivity contribution in [2.45, 2.75) is 55.1 Å². The number of carbonyl (C=O) groups is 1. The monoisotopic (exact) mass is 390 g/mol. The highest BCUT2D eigenvalue weighted by Gasteiger charge is 2.48. The molecule has 2 aliphatic rings. The van der Waals surface area contributed by atoms with E-state index in [0.717, 1.165) is 0 Å². The summed E-state index contributed by atoms with van der Waals surface area (Å²) in [6.45, 7) is -0.713. The molecule has 2 aliphatic heterocycles. The van der Waals surface area contributed by atoms with Crippen molar-refractivity contribution in [3.63, 3.8) is 0 Å². The number of furan rings is 1. The van der Waals surface area contributed by atoms with E-state index in [4.69, 9.17) is 18.6 Å². The second kappa shape index (κ2) is 8.31. The average Bonchev–Trinajstić information content (AvgIpc) is 3.19. The molecule has 9 unspecified atom stereocenters. The third kappa shape index (κ3) is 4.06. The molecule has 0 radical (unpaired) electrons. The van der Waals surface area contributed by atoms with Crippen LogP contribution in [0.15, 0.2) is 22.8 Å². The summed E-state index contributed by atoms with van der Waals surface area (Å²) in [6, 6.07) is 2.83. The van der Waals surface area contributed by atoms with Crippen LogP contribution in [0.5, 0.6) is 0 Å². The van der Waals surface area contributed by atoms with Crippen molar-refractivity contribution < 1.29 is 54.1 Å². The van der Waals surface area contributed by atoms with Crippen LogP contribution in [0.4, 0.5) is 0 Å². The van der Waals surface area contributed by atoms with Crippen molar-refractivity contribution >= 4 is 5.78 Å². The summed E-state index contributed by atoms with van der Waals surface area (Å²) in [7, 11) is 0. The smallest absolute Gasteiger partial charge is 0.229 e. The fraction of sp³-hybridized carbons (Fsp3) is 0.688. The van der Waals surface area contributed by atoms with E-state index in [9.17, 15) is 35.4 Å². The topological polar surface area (TPSA) is 179 Å². The van der Waals surface area contributed by atoms with Crippen LogP contribution in [0.1, 0.15) is 10.6 Å². The van der Waals surface area contributed by atoms with E-state index in [1.807, 2.05) is 0 Å². The summed E-state index contributed by atoms with van der Waals surface area (Å²) in [6.07, 6.45) is -12.1. The van der Waals surface area contributed by atoms with Crippen molar-refractivity contribution in [3.8, 4) is 0 Å². The zero-order valence-electron chi connectivity index (χ0n) is 14.1. The molecule has 3 heterocycles. The maximum atomic E-state index is 12.4. The van der Waals surface area contributed by atoms with E-state index >= 15 is 0 Å². The fourth-order valence-electron chi connectivity index (χ4n) is 2.98. The van der Waals surface area contributed by atoms with Crippen LogP contribution in [0.25, 0.3) is 0 Å². The summed E-state index contributed by atoms with van der Waals surface area (Å²) < 4.78 is 20.7. The first kappa shape index (κ1) is 20.3. The van der Waals surface area contributed by atoms with Crippen LogP contribution in [0.3, 0.4) is 0 Å². The highest BCUT2D eigenvalue weighted by molar-refractivity contribution is 5.97. The standard InChI is InChI=1S/C16H22O11/c17-6-4-25-16(14(23)9(6)18)26-5-8-10(19)12(21)13(22)15(27-8)11(20)7-2-1-3-24-7/h1-3,6,8-10,12-19,21-23H,4-5H2. The number of aliphatic hydroxyl groups is 6. The number of carbonyl (C=O) groups excluding carboxylic acids is 1. The van der Waals surface area contributed by atoms with E-state index in [0.29, 0.717) is 0 Å². The predicted octanol–water partition coefficient (Wildman–Crippen LogP) is -3.23.